The van der Waals surface area contributed by atoms with Crippen LogP contribution >= 0.6 is 0 Å². The van der Waals surface area contributed by atoms with Crippen molar-refractivity contribution in [2.45, 2.75) is 71.5 Å². The Kier molecular flexibility index (Phi) is 6.38. The highest BCUT2D eigenvalue weighted by molar-refractivity contribution is 5.63. The maximum atomic E-state index is 14.6. The second-order valence-electron chi connectivity index (χ2n) is 11.2. The Balaban J connectivity index is 1.67. The lowest BCUT2D eigenvalue weighted by molar-refractivity contribution is 0.0699. The van der Waals surface area contributed by atoms with Crippen molar-refractivity contribution in [1.82, 2.24) is 25.1 Å². The summed E-state index contributed by atoms with van der Waals surface area (Å²) in [7, 11) is 0. The number of aliphatic hydroxyl groups is 2. The summed E-state index contributed by atoms with van der Waals surface area (Å²) in [5.41, 5.74) is 0.0296. The van der Waals surface area contributed by atoms with Gasteiger partial charge in [0.25, 0.3) is 0 Å². The third-order valence-electron chi connectivity index (χ3n) is 8.25. The molecule has 0 saturated heterocycles. The molecule has 5 rings (SSSR count). The van der Waals surface area contributed by atoms with Crippen molar-refractivity contribution in [3.05, 3.63) is 76.7 Å². The molecule has 8 nitrogen and oxygen atoms in total. The van der Waals surface area contributed by atoms with Gasteiger partial charge < -0.3 is 14.6 Å². The summed E-state index contributed by atoms with van der Waals surface area (Å²) in [4.78, 5) is 13.7. The van der Waals surface area contributed by atoms with Gasteiger partial charge in [0.05, 0.1) is 34.3 Å². The Labute approximate surface area is 225 Å². The van der Waals surface area contributed by atoms with Gasteiger partial charge in [-0.1, -0.05) is 26.8 Å². The fourth-order valence-electron chi connectivity index (χ4n) is 5.91. The summed E-state index contributed by atoms with van der Waals surface area (Å²) >= 11 is 0. The molecular weight excluding hydrogens is 504 g/mol. The highest BCUT2D eigenvalue weighted by atomic mass is 19.1. The van der Waals surface area contributed by atoms with Gasteiger partial charge in [-0.25, -0.2) is 18.7 Å². The molecule has 1 aliphatic rings. The summed E-state index contributed by atoms with van der Waals surface area (Å²) in [6.07, 6.45) is 3.91. The zero-order chi connectivity index (χ0) is 28.3. The molecule has 0 radical (unpaired) electrons. The van der Waals surface area contributed by atoms with E-state index in [2.05, 4.69) is 40.9 Å². The van der Waals surface area contributed by atoms with Gasteiger partial charge in [0.1, 0.15) is 35.2 Å². The van der Waals surface area contributed by atoms with Crippen LogP contribution in [0.1, 0.15) is 82.3 Å². The van der Waals surface area contributed by atoms with Crippen molar-refractivity contribution in [1.29, 1.82) is 0 Å². The zero-order valence-corrected chi connectivity index (χ0v) is 22.8. The molecule has 0 aliphatic heterocycles. The average Bonchev–Trinajstić information content (AvgIpc) is 3.40. The Hall–Kier alpha value is -3.63. The van der Waals surface area contributed by atoms with Crippen LogP contribution in [0.2, 0.25) is 0 Å². The molecular formula is C29H31F2N5O3. The minimum atomic E-state index is -1.33. The van der Waals surface area contributed by atoms with Gasteiger partial charge in [0, 0.05) is 6.20 Å². The van der Waals surface area contributed by atoms with Crippen LogP contribution in [0.25, 0.3) is 22.8 Å². The highest BCUT2D eigenvalue weighted by Gasteiger charge is 2.58. The van der Waals surface area contributed by atoms with Crippen molar-refractivity contribution in [3.8, 4) is 22.8 Å². The molecule has 0 bridgehead atoms. The topological polar surface area (TPSA) is 118 Å². The van der Waals surface area contributed by atoms with E-state index >= 15 is 0 Å². The molecule has 1 aliphatic carbocycles. The van der Waals surface area contributed by atoms with E-state index in [0.29, 0.717) is 17.1 Å². The maximum Gasteiger partial charge on any atom is 0.247 e. The minimum Gasteiger partial charge on any atom is -0.437 e. The fraction of sp³-hybridized carbons (Fsp3) is 0.414. The van der Waals surface area contributed by atoms with E-state index in [1.807, 2.05) is 6.92 Å². The summed E-state index contributed by atoms with van der Waals surface area (Å²) < 4.78 is 35.0. The number of oxazole rings is 1. The fourth-order valence-corrected chi connectivity index (χ4v) is 5.91. The summed E-state index contributed by atoms with van der Waals surface area (Å²) in [6, 6.07) is 5.46. The number of aliphatic hydroxyl groups excluding tert-OH is 1. The Morgan fingerprint density at radius 3 is 2.31 bits per heavy atom. The van der Waals surface area contributed by atoms with Crippen molar-refractivity contribution in [2.75, 3.05) is 0 Å². The predicted octanol–water partition coefficient (Wildman–Crippen LogP) is 5.43. The lowest BCUT2D eigenvalue weighted by atomic mass is 9.62. The van der Waals surface area contributed by atoms with E-state index in [9.17, 15) is 19.0 Å². The standard InChI is InChI=1S/C29H31F2N5O3/c1-7-16-15-11-19(23-17(30)9-8-10-18(23)31)35-36-24(15)29(6,27(16,2)3)22-13-32-12-20(33-22)26-34-25(28(4,5)38)21(14-37)39-26/h8-13,16,37-38H,7,14H2,1-6H3/t16?,29-/m0/s1. The van der Waals surface area contributed by atoms with Crippen LogP contribution in [0.4, 0.5) is 8.78 Å². The van der Waals surface area contributed by atoms with Crippen LogP contribution < -0.4 is 0 Å². The van der Waals surface area contributed by atoms with E-state index in [0.717, 1.165) is 12.0 Å². The summed E-state index contributed by atoms with van der Waals surface area (Å²) in [5.74, 6) is -1.15. The number of benzene rings is 1. The van der Waals surface area contributed by atoms with Crippen molar-refractivity contribution in [2.24, 2.45) is 5.41 Å². The normalized spacial score (nSPS) is 20.3. The second kappa shape index (κ2) is 9.24. The van der Waals surface area contributed by atoms with Gasteiger partial charge in [-0.2, -0.15) is 5.10 Å². The Bertz CT molecular complexity index is 1540. The minimum absolute atomic E-state index is 0.0171. The lowest BCUT2D eigenvalue weighted by Gasteiger charge is -2.40. The molecule has 39 heavy (non-hydrogen) atoms. The molecule has 2 N–H and O–H groups in total. The number of halogens is 2. The molecule has 0 fully saturated rings. The molecule has 0 spiro atoms. The van der Waals surface area contributed by atoms with Crippen molar-refractivity contribution in [3.63, 3.8) is 0 Å². The van der Waals surface area contributed by atoms with E-state index in [4.69, 9.17) is 9.40 Å². The first kappa shape index (κ1) is 27.0. The van der Waals surface area contributed by atoms with Gasteiger partial charge in [0.2, 0.25) is 5.89 Å². The van der Waals surface area contributed by atoms with Gasteiger partial charge >= 0.3 is 0 Å². The number of nitrogens with zero attached hydrogens (tertiary/aromatic N) is 5. The molecule has 4 aromatic rings. The van der Waals surface area contributed by atoms with Gasteiger partial charge in [-0.05, 0) is 62.3 Å². The van der Waals surface area contributed by atoms with Crippen LogP contribution in [0.5, 0.6) is 0 Å². The maximum absolute atomic E-state index is 14.6. The monoisotopic (exact) mass is 535 g/mol. The quantitative estimate of drug-likeness (QED) is 0.336. The average molecular weight is 536 g/mol. The first-order valence-corrected chi connectivity index (χ1v) is 12.8. The third-order valence-corrected chi connectivity index (χ3v) is 8.25. The molecule has 204 valence electrons. The van der Waals surface area contributed by atoms with Gasteiger partial charge in [-0.3, -0.25) is 4.98 Å². The van der Waals surface area contributed by atoms with E-state index in [1.165, 1.54) is 24.4 Å². The van der Waals surface area contributed by atoms with Gasteiger partial charge in [-0.15, -0.1) is 5.10 Å². The lowest BCUT2D eigenvalue weighted by Crippen LogP contribution is -2.40. The second-order valence-corrected chi connectivity index (χ2v) is 11.2. The SMILES string of the molecule is CCC1c2cc(-c3c(F)cccc3F)nnc2[C@](C)(c2cncc(-c3nc(C(C)(C)O)c(CO)o3)n2)C1(C)C. The molecule has 10 heteroatoms. The largest absolute Gasteiger partial charge is 0.437 e. The van der Waals surface area contributed by atoms with Gasteiger partial charge in [0.15, 0.2) is 5.76 Å². The first-order valence-electron chi connectivity index (χ1n) is 12.8. The predicted molar refractivity (Wildman–Crippen MR) is 139 cm³/mol. The van der Waals surface area contributed by atoms with Crippen molar-refractivity contribution >= 4 is 0 Å². The molecule has 1 aromatic carbocycles. The Morgan fingerprint density at radius 1 is 1.03 bits per heavy atom. The van der Waals surface area contributed by atoms with E-state index < -0.39 is 34.7 Å². The number of aromatic nitrogens is 5. The smallest absolute Gasteiger partial charge is 0.247 e. The van der Waals surface area contributed by atoms with Crippen molar-refractivity contribution < 1.29 is 23.4 Å². The number of rotatable bonds is 6. The number of hydrogen-bond donors (Lipinski definition) is 2. The number of fused-ring (bicyclic) bond motifs is 1. The molecule has 3 heterocycles. The first-order chi connectivity index (χ1) is 18.3. The molecule has 3 aromatic heterocycles. The molecule has 1 unspecified atom stereocenters. The molecule has 2 atom stereocenters. The number of hydrogen-bond acceptors (Lipinski definition) is 8. The highest BCUT2D eigenvalue weighted by Crippen LogP contribution is 2.61. The van der Waals surface area contributed by atoms with Crippen LogP contribution in [0, 0.1) is 17.0 Å². The van der Waals surface area contributed by atoms with Crippen LogP contribution in [0.15, 0.2) is 41.1 Å². The van der Waals surface area contributed by atoms with Crippen LogP contribution in [-0.4, -0.2) is 35.4 Å². The van der Waals surface area contributed by atoms with E-state index in [1.54, 1.807) is 26.1 Å². The summed E-state index contributed by atoms with van der Waals surface area (Å²) in [6.45, 7) is 11.0. The molecule has 0 amide bonds. The van der Waals surface area contributed by atoms with E-state index in [-0.39, 0.29) is 34.5 Å². The summed E-state index contributed by atoms with van der Waals surface area (Å²) in [5, 5.41) is 29.0. The zero-order valence-electron chi connectivity index (χ0n) is 22.8. The third kappa shape index (κ3) is 4.04. The Morgan fingerprint density at radius 2 is 1.72 bits per heavy atom. The molecule has 0 saturated carbocycles. The van der Waals surface area contributed by atoms with Crippen LogP contribution in [-0.2, 0) is 17.6 Å². The van der Waals surface area contributed by atoms with Crippen LogP contribution in [0.3, 0.4) is 0 Å².